The van der Waals surface area contributed by atoms with E-state index < -0.39 is 0 Å². The number of benzene rings is 1. The number of hydrogen-bond donors (Lipinski definition) is 0. The van der Waals surface area contributed by atoms with Crippen molar-refractivity contribution >= 4 is 17.7 Å². The van der Waals surface area contributed by atoms with E-state index in [4.69, 9.17) is 4.74 Å². The average Bonchev–Trinajstić information content (AvgIpc) is 2.73. The Hall–Kier alpha value is -2.47. The molecule has 1 aliphatic heterocycles. The molecule has 1 aliphatic carbocycles. The monoisotopic (exact) mass is 398 g/mol. The van der Waals surface area contributed by atoms with Crippen LogP contribution in [0.4, 0.5) is 4.79 Å². The van der Waals surface area contributed by atoms with Crippen LogP contribution in [0.25, 0.3) is 0 Å². The Bertz CT molecular complexity index is 757. The number of rotatable bonds is 5. The average molecular weight is 399 g/mol. The first-order valence-corrected chi connectivity index (χ1v) is 10.4. The van der Waals surface area contributed by atoms with E-state index in [1.54, 1.807) is 4.90 Å². The number of hydrogen-bond acceptors (Lipinski definition) is 5. The first kappa shape index (κ1) is 21.2. The quantitative estimate of drug-likeness (QED) is 0.433. The fourth-order valence-electron chi connectivity index (χ4n) is 4.04. The molecule has 1 aromatic rings. The van der Waals surface area contributed by atoms with Crippen LogP contribution in [0.5, 0.6) is 0 Å². The van der Waals surface area contributed by atoms with Gasteiger partial charge in [0.05, 0.1) is 12.7 Å². The maximum atomic E-state index is 12.5. The highest BCUT2D eigenvalue weighted by Gasteiger charge is 2.31. The summed E-state index contributed by atoms with van der Waals surface area (Å²) < 4.78 is 4.75. The second-order valence-electron chi connectivity index (χ2n) is 7.92. The number of amides is 1. The Kier molecular flexibility index (Phi) is 7.20. The Morgan fingerprint density at radius 3 is 2.28 bits per heavy atom. The second-order valence-corrected chi connectivity index (χ2v) is 7.92. The van der Waals surface area contributed by atoms with Crippen molar-refractivity contribution in [3.63, 3.8) is 0 Å². The molecule has 0 aromatic heterocycles. The highest BCUT2D eigenvalue weighted by Crippen LogP contribution is 2.31. The molecule has 2 aliphatic rings. The predicted molar refractivity (Wildman–Crippen MR) is 111 cm³/mol. The van der Waals surface area contributed by atoms with Crippen LogP contribution in [0.2, 0.25) is 0 Å². The minimum Gasteiger partial charge on any atom is -0.453 e. The Morgan fingerprint density at radius 1 is 1.07 bits per heavy atom. The minimum atomic E-state index is -0.271. The van der Waals surface area contributed by atoms with Crippen molar-refractivity contribution in [2.24, 2.45) is 0 Å². The maximum absolute atomic E-state index is 12.5. The van der Waals surface area contributed by atoms with Gasteiger partial charge in [0, 0.05) is 39.0 Å². The van der Waals surface area contributed by atoms with Crippen LogP contribution in [0.15, 0.2) is 35.9 Å². The number of nitrogens with zero attached hydrogens (tertiary/aromatic N) is 2. The van der Waals surface area contributed by atoms with E-state index in [1.807, 2.05) is 37.3 Å². The molecular formula is C23H30N2O4. The van der Waals surface area contributed by atoms with Crippen LogP contribution in [0.1, 0.15) is 42.7 Å². The number of carbonyl (C=O) groups is 3. The normalized spacial score (nSPS) is 20.7. The third-order valence-corrected chi connectivity index (χ3v) is 5.85. The molecule has 0 spiro atoms. The van der Waals surface area contributed by atoms with Gasteiger partial charge >= 0.3 is 6.09 Å². The number of ether oxygens (including phenoxy) is 1. The van der Waals surface area contributed by atoms with Crippen molar-refractivity contribution in [1.29, 1.82) is 0 Å². The van der Waals surface area contributed by atoms with Gasteiger partial charge in [0.15, 0.2) is 11.6 Å². The second kappa shape index (κ2) is 9.83. The van der Waals surface area contributed by atoms with E-state index in [9.17, 15) is 14.4 Å². The maximum Gasteiger partial charge on any atom is 0.409 e. The van der Waals surface area contributed by atoms with Crippen molar-refractivity contribution < 1.29 is 19.1 Å². The molecule has 0 radical (unpaired) electrons. The standard InChI is InChI=1S/C23H30N2O4/c1-17-6-8-18(9-7-17)19-15-21(26)20(22(27)16-19)5-3-4-10-24-11-13-25(14-12-24)23(28)29-2/h5-9,19H,3-4,10-16H2,1-2H3. The molecule has 0 bridgehead atoms. The summed E-state index contributed by atoms with van der Waals surface area (Å²) in [6, 6.07) is 8.10. The van der Waals surface area contributed by atoms with Crippen LogP contribution in [-0.4, -0.2) is 67.3 Å². The third-order valence-electron chi connectivity index (χ3n) is 5.85. The first-order valence-electron chi connectivity index (χ1n) is 10.4. The number of ketones is 2. The van der Waals surface area contributed by atoms with E-state index in [-0.39, 0.29) is 23.6 Å². The smallest absolute Gasteiger partial charge is 0.409 e. The van der Waals surface area contributed by atoms with Crippen molar-refractivity contribution in [3.8, 4) is 0 Å². The van der Waals surface area contributed by atoms with Gasteiger partial charge in [0.25, 0.3) is 0 Å². The van der Waals surface area contributed by atoms with E-state index in [1.165, 1.54) is 12.7 Å². The number of piperazine rings is 1. The largest absolute Gasteiger partial charge is 0.453 e. The number of allylic oxidation sites excluding steroid dienone is 2. The lowest BCUT2D eigenvalue weighted by Gasteiger charge is -2.33. The molecule has 0 atom stereocenters. The molecule has 29 heavy (non-hydrogen) atoms. The zero-order valence-corrected chi connectivity index (χ0v) is 17.4. The Morgan fingerprint density at radius 2 is 1.69 bits per heavy atom. The van der Waals surface area contributed by atoms with Gasteiger partial charge in [-0.15, -0.1) is 0 Å². The fourth-order valence-corrected chi connectivity index (χ4v) is 4.04. The van der Waals surface area contributed by atoms with Gasteiger partial charge in [0.1, 0.15) is 0 Å². The van der Waals surface area contributed by atoms with Gasteiger partial charge in [-0.25, -0.2) is 4.79 Å². The Labute approximate surface area is 172 Å². The molecule has 6 nitrogen and oxygen atoms in total. The summed E-state index contributed by atoms with van der Waals surface area (Å²) in [5, 5.41) is 0. The third kappa shape index (κ3) is 5.54. The van der Waals surface area contributed by atoms with Crippen LogP contribution in [0.3, 0.4) is 0 Å². The van der Waals surface area contributed by atoms with E-state index >= 15 is 0 Å². The van der Waals surface area contributed by atoms with Crippen LogP contribution in [0, 0.1) is 6.92 Å². The minimum absolute atomic E-state index is 0.00106. The summed E-state index contributed by atoms with van der Waals surface area (Å²) in [6.45, 7) is 5.91. The van der Waals surface area contributed by atoms with Gasteiger partial charge in [-0.1, -0.05) is 35.9 Å². The van der Waals surface area contributed by atoms with Gasteiger partial charge < -0.3 is 9.64 Å². The summed E-state index contributed by atoms with van der Waals surface area (Å²) in [5.41, 5.74) is 2.64. The molecule has 1 heterocycles. The lowest BCUT2D eigenvalue weighted by atomic mass is 9.79. The molecule has 1 aromatic carbocycles. The van der Waals surface area contributed by atoms with Crippen molar-refractivity contribution in [3.05, 3.63) is 47.0 Å². The summed E-state index contributed by atoms with van der Waals surface area (Å²) in [6.07, 6.45) is 4.00. The highest BCUT2D eigenvalue weighted by molar-refractivity contribution is 6.22. The number of unbranched alkanes of at least 4 members (excludes halogenated alkanes) is 1. The molecule has 3 rings (SSSR count). The number of Topliss-reactive ketones (excluding diaryl/α,β-unsaturated/α-hetero) is 2. The molecular weight excluding hydrogens is 368 g/mol. The Balaban J connectivity index is 1.44. The molecule has 0 N–H and O–H groups in total. The van der Waals surface area contributed by atoms with E-state index in [0.29, 0.717) is 31.5 Å². The fraction of sp³-hybridized carbons (Fsp3) is 0.522. The predicted octanol–water partition coefficient (Wildman–Crippen LogP) is 3.10. The van der Waals surface area contributed by atoms with Crippen molar-refractivity contribution in [2.75, 3.05) is 39.8 Å². The van der Waals surface area contributed by atoms with Crippen molar-refractivity contribution in [1.82, 2.24) is 9.80 Å². The molecule has 0 unspecified atom stereocenters. The highest BCUT2D eigenvalue weighted by atomic mass is 16.5. The van der Waals surface area contributed by atoms with Crippen molar-refractivity contribution in [2.45, 2.75) is 38.5 Å². The lowest BCUT2D eigenvalue weighted by molar-refractivity contribution is -0.124. The molecule has 1 amide bonds. The molecule has 6 heteroatoms. The topological polar surface area (TPSA) is 66.9 Å². The van der Waals surface area contributed by atoms with E-state index in [0.717, 1.165) is 38.0 Å². The number of aryl methyl sites for hydroxylation is 1. The van der Waals surface area contributed by atoms with Gasteiger partial charge in [-0.2, -0.15) is 0 Å². The van der Waals surface area contributed by atoms with E-state index in [2.05, 4.69) is 4.90 Å². The van der Waals surface area contributed by atoms with Crippen LogP contribution < -0.4 is 0 Å². The van der Waals surface area contributed by atoms with Gasteiger partial charge in [-0.3, -0.25) is 14.5 Å². The number of methoxy groups -OCH3 is 1. The zero-order chi connectivity index (χ0) is 20.8. The van der Waals surface area contributed by atoms with Gasteiger partial charge in [0.2, 0.25) is 0 Å². The number of carbonyl (C=O) groups excluding carboxylic acids is 3. The SMILES string of the molecule is COC(=O)N1CCN(CCCC=C2C(=O)CC(c3ccc(C)cc3)CC2=O)CC1. The molecule has 156 valence electrons. The summed E-state index contributed by atoms with van der Waals surface area (Å²) in [4.78, 5) is 40.6. The molecule has 1 saturated heterocycles. The summed E-state index contributed by atoms with van der Waals surface area (Å²) >= 11 is 0. The zero-order valence-electron chi connectivity index (χ0n) is 17.4. The molecule has 2 fully saturated rings. The summed E-state index contributed by atoms with van der Waals surface area (Å²) in [5.74, 6) is -0.0594. The molecule has 1 saturated carbocycles. The van der Waals surface area contributed by atoms with Crippen LogP contribution >= 0.6 is 0 Å². The lowest BCUT2D eigenvalue weighted by Crippen LogP contribution is -2.48. The van der Waals surface area contributed by atoms with Gasteiger partial charge in [-0.05, 0) is 37.8 Å². The summed E-state index contributed by atoms with van der Waals surface area (Å²) in [7, 11) is 1.40. The van der Waals surface area contributed by atoms with Crippen LogP contribution in [-0.2, 0) is 14.3 Å². The first-order chi connectivity index (χ1) is 14.0.